The zero-order chi connectivity index (χ0) is 15.4. The summed E-state index contributed by atoms with van der Waals surface area (Å²) in [7, 11) is 0. The molecule has 0 aromatic carbocycles. The molecule has 1 aliphatic heterocycles. The van der Waals surface area contributed by atoms with Crippen molar-refractivity contribution in [3.63, 3.8) is 0 Å². The maximum Gasteiger partial charge on any atom is 0.223 e. The van der Waals surface area contributed by atoms with E-state index >= 15 is 0 Å². The quantitative estimate of drug-likeness (QED) is 0.859. The summed E-state index contributed by atoms with van der Waals surface area (Å²) >= 11 is 0. The van der Waals surface area contributed by atoms with Crippen molar-refractivity contribution in [2.75, 3.05) is 13.1 Å². The number of nitrogens with zero attached hydrogens (tertiary/aromatic N) is 2. The highest BCUT2D eigenvalue weighted by molar-refractivity contribution is 5.85. The molecule has 7 heteroatoms. The van der Waals surface area contributed by atoms with Gasteiger partial charge in [-0.2, -0.15) is 4.98 Å². The summed E-state index contributed by atoms with van der Waals surface area (Å²) in [5, 5.41) is 10.6. The normalized spacial score (nSPS) is 20.9. The van der Waals surface area contributed by atoms with Gasteiger partial charge in [0.15, 0.2) is 5.82 Å². The fourth-order valence-electron chi connectivity index (χ4n) is 3.71. The first-order valence-electron chi connectivity index (χ1n) is 8.50. The monoisotopic (exact) mass is 342 g/mol. The number of halogens is 1. The lowest BCUT2D eigenvalue weighted by atomic mass is 9.92. The Labute approximate surface area is 143 Å². The number of aromatic nitrogens is 2. The van der Waals surface area contributed by atoms with Crippen LogP contribution in [0.25, 0.3) is 0 Å². The Bertz CT molecular complexity index is 508. The predicted octanol–water partition coefficient (Wildman–Crippen LogP) is 2.47. The highest BCUT2D eigenvalue weighted by Crippen LogP contribution is 2.37. The molecule has 2 aliphatic rings. The van der Waals surface area contributed by atoms with Gasteiger partial charge in [0.25, 0.3) is 0 Å². The van der Waals surface area contributed by atoms with Gasteiger partial charge in [0.05, 0.1) is 0 Å². The lowest BCUT2D eigenvalue weighted by molar-refractivity contribution is -0.123. The zero-order valence-electron chi connectivity index (χ0n) is 13.8. The number of piperidine rings is 1. The molecular weight excluding hydrogens is 316 g/mol. The van der Waals surface area contributed by atoms with Gasteiger partial charge in [-0.3, -0.25) is 4.79 Å². The molecule has 0 radical (unpaired) electrons. The van der Waals surface area contributed by atoms with Gasteiger partial charge in [0.2, 0.25) is 11.8 Å². The molecule has 1 amide bonds. The van der Waals surface area contributed by atoms with E-state index in [2.05, 4.69) is 20.8 Å². The first-order valence-corrected chi connectivity index (χ1v) is 8.50. The molecular formula is C16H27ClN4O2. The Morgan fingerprint density at radius 3 is 2.65 bits per heavy atom. The third-order valence-electron chi connectivity index (χ3n) is 5.03. The fraction of sp³-hybridized carbons (Fsp3) is 0.812. The van der Waals surface area contributed by atoms with Crippen LogP contribution < -0.4 is 10.6 Å². The molecule has 2 fully saturated rings. The summed E-state index contributed by atoms with van der Waals surface area (Å²) in [6, 6.07) is 0. The average Bonchev–Trinajstić information content (AvgIpc) is 3.16. The van der Waals surface area contributed by atoms with Crippen molar-refractivity contribution >= 4 is 18.3 Å². The Kier molecular flexibility index (Phi) is 6.41. The molecule has 1 aliphatic carbocycles. The van der Waals surface area contributed by atoms with Crippen LogP contribution in [-0.2, 0) is 10.3 Å². The van der Waals surface area contributed by atoms with Crippen LogP contribution in [0.5, 0.6) is 0 Å². The van der Waals surface area contributed by atoms with Crippen molar-refractivity contribution in [3.05, 3.63) is 11.7 Å². The van der Waals surface area contributed by atoms with Crippen molar-refractivity contribution < 1.29 is 9.32 Å². The number of hydrogen-bond acceptors (Lipinski definition) is 5. The molecule has 2 heterocycles. The second-order valence-corrected chi connectivity index (χ2v) is 6.71. The third kappa shape index (κ3) is 4.44. The fourth-order valence-corrected chi connectivity index (χ4v) is 3.71. The van der Waals surface area contributed by atoms with Crippen LogP contribution in [0.4, 0.5) is 0 Å². The van der Waals surface area contributed by atoms with Gasteiger partial charge in [-0.25, -0.2) is 0 Å². The molecule has 0 spiro atoms. The average molecular weight is 343 g/mol. The number of carbonyl (C=O) groups is 1. The minimum absolute atomic E-state index is 0. The van der Waals surface area contributed by atoms with E-state index in [4.69, 9.17) is 4.52 Å². The predicted molar refractivity (Wildman–Crippen MR) is 89.4 cm³/mol. The van der Waals surface area contributed by atoms with Crippen LogP contribution in [0.3, 0.4) is 0 Å². The molecule has 6 nitrogen and oxygen atoms in total. The van der Waals surface area contributed by atoms with Crippen molar-refractivity contribution in [2.45, 2.75) is 63.8 Å². The van der Waals surface area contributed by atoms with E-state index in [1.165, 1.54) is 12.8 Å². The number of aryl methyl sites for hydroxylation is 1. The molecule has 0 bridgehead atoms. The smallest absolute Gasteiger partial charge is 0.223 e. The Balaban J connectivity index is 0.00000192. The van der Waals surface area contributed by atoms with Crippen LogP contribution in [0.15, 0.2) is 4.52 Å². The van der Waals surface area contributed by atoms with Gasteiger partial charge in [-0.05, 0) is 51.1 Å². The number of nitrogens with one attached hydrogen (secondary N) is 2. The van der Waals surface area contributed by atoms with Gasteiger partial charge in [0.1, 0.15) is 5.54 Å². The van der Waals surface area contributed by atoms with E-state index in [9.17, 15) is 4.79 Å². The second kappa shape index (κ2) is 8.11. The number of rotatable bonds is 5. The van der Waals surface area contributed by atoms with Crippen LogP contribution in [0, 0.1) is 12.8 Å². The first kappa shape index (κ1) is 18.2. The summed E-state index contributed by atoms with van der Waals surface area (Å²) in [5.74, 6) is 2.02. The van der Waals surface area contributed by atoms with E-state index < -0.39 is 5.54 Å². The largest absolute Gasteiger partial charge is 0.343 e. The maximum atomic E-state index is 12.4. The minimum Gasteiger partial charge on any atom is -0.343 e. The van der Waals surface area contributed by atoms with Crippen LogP contribution in [0.2, 0.25) is 0 Å². The van der Waals surface area contributed by atoms with Crippen LogP contribution in [0.1, 0.15) is 63.1 Å². The zero-order valence-corrected chi connectivity index (χ0v) is 14.6. The molecule has 1 saturated carbocycles. The van der Waals surface area contributed by atoms with Crippen molar-refractivity contribution in [2.24, 2.45) is 5.92 Å². The van der Waals surface area contributed by atoms with Gasteiger partial charge >= 0.3 is 0 Å². The Hall–Kier alpha value is -1.14. The number of amides is 1. The van der Waals surface area contributed by atoms with E-state index in [0.717, 1.165) is 45.2 Å². The lowest BCUT2D eigenvalue weighted by Gasteiger charge is -2.27. The van der Waals surface area contributed by atoms with Crippen molar-refractivity contribution in [3.8, 4) is 0 Å². The second-order valence-electron chi connectivity index (χ2n) is 6.71. The Morgan fingerprint density at radius 1 is 1.35 bits per heavy atom. The van der Waals surface area contributed by atoms with Crippen LogP contribution >= 0.6 is 12.4 Å². The Morgan fingerprint density at radius 2 is 2.04 bits per heavy atom. The van der Waals surface area contributed by atoms with E-state index in [1.54, 1.807) is 6.92 Å². The summed E-state index contributed by atoms with van der Waals surface area (Å²) in [4.78, 5) is 16.8. The van der Waals surface area contributed by atoms with E-state index in [0.29, 0.717) is 24.1 Å². The van der Waals surface area contributed by atoms with Gasteiger partial charge in [-0.15, -0.1) is 12.4 Å². The highest BCUT2D eigenvalue weighted by Gasteiger charge is 2.41. The lowest BCUT2D eigenvalue weighted by Crippen LogP contribution is -2.44. The summed E-state index contributed by atoms with van der Waals surface area (Å²) in [6.07, 6.45) is 7.96. The minimum atomic E-state index is -0.400. The van der Waals surface area contributed by atoms with Crippen molar-refractivity contribution in [1.29, 1.82) is 0 Å². The van der Waals surface area contributed by atoms with E-state index in [1.807, 2.05) is 0 Å². The van der Waals surface area contributed by atoms with Crippen LogP contribution in [-0.4, -0.2) is 29.1 Å². The van der Waals surface area contributed by atoms with Gasteiger partial charge < -0.3 is 15.2 Å². The summed E-state index contributed by atoms with van der Waals surface area (Å²) < 4.78 is 5.12. The summed E-state index contributed by atoms with van der Waals surface area (Å²) in [5.41, 5.74) is -0.400. The molecule has 1 aromatic rings. The highest BCUT2D eigenvalue weighted by atomic mass is 35.5. The molecule has 0 atom stereocenters. The molecule has 0 unspecified atom stereocenters. The number of carbonyl (C=O) groups excluding carboxylic acids is 1. The summed E-state index contributed by atoms with van der Waals surface area (Å²) in [6.45, 7) is 3.95. The topological polar surface area (TPSA) is 80.0 Å². The SMILES string of the molecule is Cc1nc(C2(NC(=O)CCC3CCNCC3)CCCC2)no1.Cl. The van der Waals surface area contributed by atoms with E-state index in [-0.39, 0.29) is 18.3 Å². The molecule has 3 rings (SSSR count). The molecule has 23 heavy (non-hydrogen) atoms. The molecule has 1 saturated heterocycles. The molecule has 2 N–H and O–H groups in total. The molecule has 1 aromatic heterocycles. The first-order chi connectivity index (χ1) is 10.7. The number of hydrogen-bond donors (Lipinski definition) is 2. The maximum absolute atomic E-state index is 12.4. The van der Waals surface area contributed by atoms with Gasteiger partial charge in [0, 0.05) is 13.3 Å². The van der Waals surface area contributed by atoms with Gasteiger partial charge in [-0.1, -0.05) is 18.0 Å². The third-order valence-corrected chi connectivity index (χ3v) is 5.03. The standard InChI is InChI=1S/C16H26N4O2.ClH/c1-12-18-15(20-22-12)16(8-2-3-9-16)19-14(21)5-4-13-6-10-17-11-7-13;/h13,17H,2-11H2,1H3,(H,19,21);1H. The molecule has 130 valence electrons. The van der Waals surface area contributed by atoms with Crippen molar-refractivity contribution in [1.82, 2.24) is 20.8 Å².